The molecule has 0 fully saturated rings. The lowest BCUT2D eigenvalue weighted by molar-refractivity contribution is -0.137. The Bertz CT molecular complexity index is 372. The highest BCUT2D eigenvalue weighted by Gasteiger charge is 2.11. The summed E-state index contributed by atoms with van der Waals surface area (Å²) in [6.45, 7) is 0. The van der Waals surface area contributed by atoms with Gasteiger partial charge in [-0.05, 0) is 12.0 Å². The molecular weight excluding hydrogens is 206 g/mol. The predicted molar refractivity (Wildman–Crippen MR) is 61.9 cm³/mol. The first kappa shape index (κ1) is 12.0. The van der Waals surface area contributed by atoms with Crippen molar-refractivity contribution in [2.24, 2.45) is 16.5 Å². The number of carbonyl (C=O) groups is 1. The van der Waals surface area contributed by atoms with Gasteiger partial charge in [0.05, 0.1) is 6.04 Å². The number of hydrogen-bond acceptors (Lipinski definition) is 2. The van der Waals surface area contributed by atoms with E-state index in [4.69, 9.17) is 16.6 Å². The molecule has 0 aromatic heterocycles. The molecule has 5 nitrogen and oxygen atoms in total. The number of carboxylic acids is 1. The normalized spacial score (nSPS) is 11.8. The molecule has 0 amide bonds. The first-order valence-electron chi connectivity index (χ1n) is 4.95. The first-order chi connectivity index (χ1) is 7.59. The van der Waals surface area contributed by atoms with Gasteiger partial charge in [0.15, 0.2) is 5.96 Å². The van der Waals surface area contributed by atoms with E-state index in [1.165, 1.54) is 0 Å². The van der Waals surface area contributed by atoms with Crippen molar-refractivity contribution in [1.82, 2.24) is 0 Å². The van der Waals surface area contributed by atoms with Crippen molar-refractivity contribution in [3.8, 4) is 0 Å². The molecule has 1 rings (SSSR count). The monoisotopic (exact) mass is 221 g/mol. The van der Waals surface area contributed by atoms with E-state index in [-0.39, 0.29) is 18.4 Å². The maximum Gasteiger partial charge on any atom is 0.303 e. The van der Waals surface area contributed by atoms with E-state index in [1.54, 1.807) is 0 Å². The van der Waals surface area contributed by atoms with Crippen LogP contribution in [0.3, 0.4) is 0 Å². The third kappa shape index (κ3) is 4.00. The molecule has 0 aliphatic carbocycles. The van der Waals surface area contributed by atoms with Gasteiger partial charge < -0.3 is 16.6 Å². The van der Waals surface area contributed by atoms with E-state index < -0.39 is 5.97 Å². The van der Waals surface area contributed by atoms with Crippen molar-refractivity contribution < 1.29 is 9.90 Å². The van der Waals surface area contributed by atoms with Crippen molar-refractivity contribution >= 4 is 11.9 Å². The van der Waals surface area contributed by atoms with Crippen LogP contribution in [0.4, 0.5) is 0 Å². The Hall–Kier alpha value is -2.04. The highest BCUT2D eigenvalue weighted by molar-refractivity contribution is 5.76. The molecule has 5 N–H and O–H groups in total. The average molecular weight is 221 g/mol. The molecule has 0 radical (unpaired) electrons. The second-order valence-electron chi connectivity index (χ2n) is 3.41. The Balaban J connectivity index is 2.80. The van der Waals surface area contributed by atoms with Crippen molar-refractivity contribution in [3.05, 3.63) is 35.9 Å². The Labute approximate surface area is 93.8 Å². The number of carboxylic acid groups (broad SMARTS) is 1. The minimum absolute atomic E-state index is 0.0285. The number of rotatable bonds is 5. The van der Waals surface area contributed by atoms with Crippen LogP contribution < -0.4 is 11.5 Å². The Kier molecular flexibility index (Phi) is 4.32. The number of hydrogen-bond donors (Lipinski definition) is 3. The fourth-order valence-corrected chi connectivity index (χ4v) is 1.42. The minimum atomic E-state index is -0.855. The molecule has 1 atom stereocenters. The Morgan fingerprint density at radius 3 is 2.44 bits per heavy atom. The van der Waals surface area contributed by atoms with Crippen molar-refractivity contribution in [2.75, 3.05) is 0 Å². The third-order valence-corrected chi connectivity index (χ3v) is 2.12. The summed E-state index contributed by atoms with van der Waals surface area (Å²) >= 11 is 0. The van der Waals surface area contributed by atoms with Crippen LogP contribution >= 0.6 is 0 Å². The van der Waals surface area contributed by atoms with Crippen LogP contribution in [0.2, 0.25) is 0 Å². The lowest BCUT2D eigenvalue weighted by Crippen LogP contribution is -2.24. The quantitative estimate of drug-likeness (QED) is 0.507. The van der Waals surface area contributed by atoms with E-state index in [1.807, 2.05) is 30.3 Å². The summed E-state index contributed by atoms with van der Waals surface area (Å²) in [5.41, 5.74) is 11.5. The first-order valence-corrected chi connectivity index (χ1v) is 4.95. The zero-order valence-electron chi connectivity index (χ0n) is 8.84. The average Bonchev–Trinajstić information content (AvgIpc) is 2.25. The second-order valence-corrected chi connectivity index (χ2v) is 3.41. The van der Waals surface area contributed by atoms with Crippen molar-refractivity contribution in [2.45, 2.75) is 18.9 Å². The summed E-state index contributed by atoms with van der Waals surface area (Å²) < 4.78 is 0. The van der Waals surface area contributed by atoms with Crippen molar-refractivity contribution in [1.29, 1.82) is 0 Å². The van der Waals surface area contributed by atoms with Gasteiger partial charge in [-0.15, -0.1) is 0 Å². The maximum atomic E-state index is 10.5. The van der Waals surface area contributed by atoms with Gasteiger partial charge in [-0.2, -0.15) is 0 Å². The molecule has 16 heavy (non-hydrogen) atoms. The Morgan fingerprint density at radius 2 is 1.94 bits per heavy atom. The van der Waals surface area contributed by atoms with E-state index in [0.29, 0.717) is 6.42 Å². The molecule has 1 aromatic carbocycles. The van der Waals surface area contributed by atoms with Crippen LogP contribution in [-0.2, 0) is 4.79 Å². The van der Waals surface area contributed by atoms with Gasteiger partial charge in [-0.25, -0.2) is 4.99 Å². The molecule has 0 saturated heterocycles. The van der Waals surface area contributed by atoms with Gasteiger partial charge in [-0.1, -0.05) is 30.3 Å². The van der Waals surface area contributed by atoms with Crippen molar-refractivity contribution in [3.63, 3.8) is 0 Å². The van der Waals surface area contributed by atoms with E-state index in [2.05, 4.69) is 4.99 Å². The summed E-state index contributed by atoms with van der Waals surface area (Å²) in [5.74, 6) is -0.883. The second kappa shape index (κ2) is 5.75. The number of benzene rings is 1. The van der Waals surface area contributed by atoms with E-state index in [0.717, 1.165) is 5.56 Å². The lowest BCUT2D eigenvalue weighted by atomic mass is 10.0. The van der Waals surface area contributed by atoms with Crippen LogP contribution in [0.5, 0.6) is 0 Å². The lowest BCUT2D eigenvalue weighted by Gasteiger charge is -2.11. The smallest absolute Gasteiger partial charge is 0.303 e. The van der Waals surface area contributed by atoms with Crippen LogP contribution in [0, 0.1) is 0 Å². The molecule has 0 spiro atoms. The molecule has 1 aromatic rings. The number of aliphatic imine (C=N–C) groups is 1. The summed E-state index contributed by atoms with van der Waals surface area (Å²) in [6, 6.07) is 9.07. The molecule has 0 heterocycles. The number of guanidine groups is 1. The number of nitrogens with zero attached hydrogens (tertiary/aromatic N) is 1. The van der Waals surface area contributed by atoms with E-state index >= 15 is 0 Å². The van der Waals surface area contributed by atoms with Gasteiger partial charge in [0.1, 0.15) is 0 Å². The minimum Gasteiger partial charge on any atom is -0.481 e. The maximum absolute atomic E-state index is 10.5. The predicted octanol–water partition coefficient (Wildman–Crippen LogP) is 0.866. The molecule has 86 valence electrons. The van der Waals surface area contributed by atoms with Gasteiger partial charge >= 0.3 is 5.97 Å². The molecule has 5 heteroatoms. The highest BCUT2D eigenvalue weighted by atomic mass is 16.4. The number of nitrogens with two attached hydrogens (primary N) is 2. The number of aliphatic carboxylic acids is 1. The highest BCUT2D eigenvalue weighted by Crippen LogP contribution is 2.22. The summed E-state index contributed by atoms with van der Waals surface area (Å²) in [7, 11) is 0. The molecule has 0 aliphatic rings. The molecule has 0 aliphatic heterocycles. The van der Waals surface area contributed by atoms with Crippen LogP contribution in [-0.4, -0.2) is 17.0 Å². The molecular formula is C11H15N3O2. The fraction of sp³-hybridized carbons (Fsp3) is 0.273. The largest absolute Gasteiger partial charge is 0.481 e. The topological polar surface area (TPSA) is 102 Å². The zero-order chi connectivity index (χ0) is 12.0. The van der Waals surface area contributed by atoms with Gasteiger partial charge in [0.2, 0.25) is 0 Å². The van der Waals surface area contributed by atoms with Crippen LogP contribution in [0.15, 0.2) is 35.3 Å². The van der Waals surface area contributed by atoms with Gasteiger partial charge in [0.25, 0.3) is 0 Å². The standard InChI is InChI=1S/C11H15N3O2/c12-11(13)14-9(6-7-10(15)16)8-4-2-1-3-5-8/h1-5,9H,6-7H2,(H,15,16)(H4,12,13,14). The zero-order valence-corrected chi connectivity index (χ0v) is 8.84. The van der Waals surface area contributed by atoms with Gasteiger partial charge in [0, 0.05) is 6.42 Å². The molecule has 1 unspecified atom stereocenters. The fourth-order valence-electron chi connectivity index (χ4n) is 1.42. The van der Waals surface area contributed by atoms with Crippen LogP contribution in [0.1, 0.15) is 24.4 Å². The summed E-state index contributed by atoms with van der Waals surface area (Å²) in [6.07, 6.45) is 0.424. The van der Waals surface area contributed by atoms with E-state index in [9.17, 15) is 4.79 Å². The van der Waals surface area contributed by atoms with Crippen LogP contribution in [0.25, 0.3) is 0 Å². The molecule has 0 bridgehead atoms. The molecule has 0 saturated carbocycles. The third-order valence-electron chi connectivity index (χ3n) is 2.12. The van der Waals surface area contributed by atoms with Gasteiger partial charge in [-0.3, -0.25) is 4.79 Å². The summed E-state index contributed by atoms with van der Waals surface area (Å²) in [5, 5.41) is 8.63. The SMILES string of the molecule is NC(N)=NC(CCC(=O)O)c1ccccc1. The summed E-state index contributed by atoms with van der Waals surface area (Å²) in [4.78, 5) is 14.5. The Morgan fingerprint density at radius 1 is 1.31 bits per heavy atom.